The maximum Gasteiger partial charge on any atom is 0.305 e. The van der Waals surface area contributed by atoms with Crippen LogP contribution in [0.5, 0.6) is 5.75 Å². The SMILES string of the molecule is COC(=O)CCCCCOc1ccc2nc(-c3ccccc3)n(C)c2c1. The number of aromatic nitrogens is 2. The predicted molar refractivity (Wildman–Crippen MR) is 102 cm³/mol. The van der Waals surface area contributed by atoms with Crippen molar-refractivity contribution in [3.8, 4) is 17.1 Å². The molecule has 136 valence electrons. The predicted octanol–water partition coefficient (Wildman–Crippen LogP) is 4.35. The van der Waals surface area contributed by atoms with Crippen molar-refractivity contribution in [3.63, 3.8) is 0 Å². The molecule has 0 amide bonds. The molecule has 0 radical (unpaired) electrons. The highest BCUT2D eigenvalue weighted by Crippen LogP contribution is 2.26. The molecular formula is C21H24N2O3. The number of hydrogen-bond donors (Lipinski definition) is 0. The van der Waals surface area contributed by atoms with E-state index in [0.29, 0.717) is 13.0 Å². The zero-order valence-electron chi connectivity index (χ0n) is 15.3. The van der Waals surface area contributed by atoms with Crippen LogP contribution in [0.25, 0.3) is 22.4 Å². The number of methoxy groups -OCH3 is 1. The maximum atomic E-state index is 11.1. The molecule has 0 aliphatic carbocycles. The van der Waals surface area contributed by atoms with E-state index in [9.17, 15) is 4.79 Å². The molecule has 0 fully saturated rings. The number of ether oxygens (including phenoxy) is 2. The van der Waals surface area contributed by atoms with E-state index in [-0.39, 0.29) is 5.97 Å². The number of carbonyl (C=O) groups is 1. The van der Waals surface area contributed by atoms with Crippen molar-refractivity contribution in [1.82, 2.24) is 9.55 Å². The van der Waals surface area contributed by atoms with Gasteiger partial charge in [0.05, 0.1) is 24.8 Å². The van der Waals surface area contributed by atoms with E-state index >= 15 is 0 Å². The Labute approximate surface area is 153 Å². The lowest BCUT2D eigenvalue weighted by molar-refractivity contribution is -0.140. The second kappa shape index (κ2) is 8.52. The summed E-state index contributed by atoms with van der Waals surface area (Å²) in [6.07, 6.45) is 3.16. The number of hydrogen-bond acceptors (Lipinski definition) is 4. The highest BCUT2D eigenvalue weighted by molar-refractivity contribution is 5.81. The molecule has 0 saturated carbocycles. The van der Waals surface area contributed by atoms with Crippen LogP contribution < -0.4 is 4.74 Å². The fourth-order valence-electron chi connectivity index (χ4n) is 2.95. The molecule has 0 aliphatic heterocycles. The summed E-state index contributed by atoms with van der Waals surface area (Å²) >= 11 is 0. The van der Waals surface area contributed by atoms with Crippen molar-refractivity contribution in [3.05, 3.63) is 48.5 Å². The second-order valence-electron chi connectivity index (χ2n) is 6.25. The van der Waals surface area contributed by atoms with E-state index < -0.39 is 0 Å². The Hall–Kier alpha value is -2.82. The molecule has 1 aromatic heterocycles. The van der Waals surface area contributed by atoms with Crippen molar-refractivity contribution >= 4 is 17.0 Å². The number of aryl methyl sites for hydroxylation is 1. The monoisotopic (exact) mass is 352 g/mol. The summed E-state index contributed by atoms with van der Waals surface area (Å²) in [7, 11) is 3.44. The molecule has 0 aliphatic rings. The maximum absolute atomic E-state index is 11.1. The van der Waals surface area contributed by atoms with E-state index in [1.165, 1.54) is 7.11 Å². The Balaban J connectivity index is 1.61. The van der Waals surface area contributed by atoms with Gasteiger partial charge in [0, 0.05) is 25.1 Å². The summed E-state index contributed by atoms with van der Waals surface area (Å²) in [6.45, 7) is 0.635. The number of imidazole rings is 1. The van der Waals surface area contributed by atoms with Gasteiger partial charge in [0.25, 0.3) is 0 Å². The van der Waals surface area contributed by atoms with Crippen molar-refractivity contribution in [2.24, 2.45) is 7.05 Å². The first-order valence-electron chi connectivity index (χ1n) is 8.90. The van der Waals surface area contributed by atoms with E-state index in [0.717, 1.165) is 47.4 Å². The standard InChI is InChI=1S/C21H24N2O3/c1-23-19-15-17(26-14-8-4-7-11-20(24)25-2)12-13-18(19)22-21(23)16-9-5-3-6-10-16/h3,5-6,9-10,12-13,15H,4,7-8,11,14H2,1-2H3. The average Bonchev–Trinajstić information content (AvgIpc) is 3.01. The number of rotatable bonds is 8. The van der Waals surface area contributed by atoms with Crippen molar-refractivity contribution < 1.29 is 14.3 Å². The number of nitrogens with zero attached hydrogens (tertiary/aromatic N) is 2. The minimum absolute atomic E-state index is 0.151. The molecule has 0 unspecified atom stereocenters. The number of unbranched alkanes of at least 4 members (excludes halogenated alkanes) is 2. The zero-order chi connectivity index (χ0) is 18.4. The summed E-state index contributed by atoms with van der Waals surface area (Å²) in [6, 6.07) is 16.1. The largest absolute Gasteiger partial charge is 0.494 e. The van der Waals surface area contributed by atoms with Crippen LogP contribution in [0.4, 0.5) is 0 Å². The minimum atomic E-state index is -0.151. The fraction of sp³-hybridized carbons (Fsp3) is 0.333. The number of esters is 1. The number of carbonyl (C=O) groups excluding carboxylic acids is 1. The van der Waals surface area contributed by atoms with E-state index in [1.807, 2.05) is 43.4 Å². The molecule has 0 spiro atoms. The smallest absolute Gasteiger partial charge is 0.305 e. The molecule has 0 saturated heterocycles. The summed E-state index contributed by atoms with van der Waals surface area (Å²) in [5.41, 5.74) is 3.10. The minimum Gasteiger partial charge on any atom is -0.494 e. The Morgan fingerprint density at radius 3 is 2.65 bits per heavy atom. The zero-order valence-corrected chi connectivity index (χ0v) is 15.3. The Morgan fingerprint density at radius 2 is 1.88 bits per heavy atom. The first-order chi connectivity index (χ1) is 12.7. The fourth-order valence-corrected chi connectivity index (χ4v) is 2.95. The Bertz CT molecular complexity index is 872. The van der Waals surface area contributed by atoms with Gasteiger partial charge in [-0.2, -0.15) is 0 Å². The second-order valence-corrected chi connectivity index (χ2v) is 6.25. The highest BCUT2D eigenvalue weighted by atomic mass is 16.5. The third-order valence-corrected chi connectivity index (χ3v) is 4.41. The van der Waals surface area contributed by atoms with Gasteiger partial charge >= 0.3 is 5.97 Å². The molecule has 2 aromatic carbocycles. The third kappa shape index (κ3) is 4.23. The van der Waals surface area contributed by atoms with Crippen LogP contribution >= 0.6 is 0 Å². The molecule has 0 bridgehead atoms. The van der Waals surface area contributed by atoms with Gasteiger partial charge in [-0.05, 0) is 31.4 Å². The lowest BCUT2D eigenvalue weighted by Gasteiger charge is -2.07. The lowest BCUT2D eigenvalue weighted by atomic mass is 10.2. The molecule has 0 atom stereocenters. The van der Waals surface area contributed by atoms with Crippen molar-refractivity contribution in [2.45, 2.75) is 25.7 Å². The summed E-state index contributed by atoms with van der Waals surface area (Å²) in [5.74, 6) is 1.63. The third-order valence-electron chi connectivity index (χ3n) is 4.41. The summed E-state index contributed by atoms with van der Waals surface area (Å²) in [5, 5.41) is 0. The molecule has 0 N–H and O–H groups in total. The summed E-state index contributed by atoms with van der Waals surface area (Å²) < 4.78 is 12.6. The van der Waals surface area contributed by atoms with Gasteiger partial charge in [0.2, 0.25) is 0 Å². The van der Waals surface area contributed by atoms with E-state index in [2.05, 4.69) is 21.4 Å². The van der Waals surface area contributed by atoms with Crippen LogP contribution in [0.1, 0.15) is 25.7 Å². The van der Waals surface area contributed by atoms with Crippen LogP contribution in [0.15, 0.2) is 48.5 Å². The van der Waals surface area contributed by atoms with Crippen LogP contribution in [0.2, 0.25) is 0 Å². The van der Waals surface area contributed by atoms with Crippen molar-refractivity contribution in [1.29, 1.82) is 0 Å². The van der Waals surface area contributed by atoms with Gasteiger partial charge in [0.15, 0.2) is 0 Å². The molecule has 3 aromatic rings. The first kappa shape index (κ1) is 18.0. The first-order valence-corrected chi connectivity index (χ1v) is 8.90. The Morgan fingerprint density at radius 1 is 1.08 bits per heavy atom. The topological polar surface area (TPSA) is 53.4 Å². The molecule has 3 rings (SSSR count). The molecule has 26 heavy (non-hydrogen) atoms. The normalized spacial score (nSPS) is 10.8. The Kier molecular flexibility index (Phi) is 5.89. The van der Waals surface area contributed by atoms with Gasteiger partial charge in [-0.3, -0.25) is 4.79 Å². The highest BCUT2D eigenvalue weighted by Gasteiger charge is 2.10. The quantitative estimate of drug-likeness (QED) is 0.447. The average molecular weight is 352 g/mol. The molecule has 5 nitrogen and oxygen atoms in total. The lowest BCUT2D eigenvalue weighted by Crippen LogP contribution is -2.01. The van der Waals surface area contributed by atoms with Gasteiger partial charge < -0.3 is 14.0 Å². The van der Waals surface area contributed by atoms with Crippen molar-refractivity contribution in [2.75, 3.05) is 13.7 Å². The van der Waals surface area contributed by atoms with Gasteiger partial charge in [-0.25, -0.2) is 4.98 Å². The number of benzene rings is 2. The van der Waals surface area contributed by atoms with E-state index in [1.54, 1.807) is 0 Å². The van der Waals surface area contributed by atoms with Crippen LogP contribution in [-0.2, 0) is 16.6 Å². The molecular weight excluding hydrogens is 328 g/mol. The number of fused-ring (bicyclic) bond motifs is 1. The van der Waals surface area contributed by atoms with E-state index in [4.69, 9.17) is 9.72 Å². The molecule has 1 heterocycles. The van der Waals surface area contributed by atoms with Crippen LogP contribution in [0, 0.1) is 0 Å². The van der Waals surface area contributed by atoms with Gasteiger partial charge in [0.1, 0.15) is 11.6 Å². The summed E-state index contributed by atoms with van der Waals surface area (Å²) in [4.78, 5) is 15.8. The van der Waals surface area contributed by atoms with Crippen LogP contribution in [0.3, 0.4) is 0 Å². The van der Waals surface area contributed by atoms with Gasteiger partial charge in [-0.15, -0.1) is 0 Å². The van der Waals surface area contributed by atoms with Gasteiger partial charge in [-0.1, -0.05) is 30.3 Å². The van der Waals surface area contributed by atoms with Crippen LogP contribution in [-0.4, -0.2) is 29.2 Å². The molecule has 5 heteroatoms.